The highest BCUT2D eigenvalue weighted by Gasteiger charge is 2.36. The van der Waals surface area contributed by atoms with E-state index in [0.29, 0.717) is 16.9 Å². The van der Waals surface area contributed by atoms with Crippen molar-refractivity contribution in [2.24, 2.45) is 5.41 Å². The molecule has 1 aromatic rings. The minimum atomic E-state index is -0.972. The van der Waals surface area contributed by atoms with Crippen molar-refractivity contribution in [3.05, 3.63) is 17.8 Å². The van der Waals surface area contributed by atoms with Gasteiger partial charge in [0.1, 0.15) is 11.4 Å². The van der Waals surface area contributed by atoms with Crippen LogP contribution in [-0.2, 0) is 0 Å². The van der Waals surface area contributed by atoms with Crippen molar-refractivity contribution in [2.75, 3.05) is 23.7 Å². The predicted molar refractivity (Wildman–Crippen MR) is 75.5 cm³/mol. The summed E-state index contributed by atoms with van der Waals surface area (Å²) in [5.41, 5.74) is 6.50. The van der Waals surface area contributed by atoms with E-state index >= 15 is 0 Å². The van der Waals surface area contributed by atoms with Gasteiger partial charge in [0, 0.05) is 13.1 Å². The highest BCUT2D eigenvalue weighted by atomic mass is 16.4. The van der Waals surface area contributed by atoms with Crippen LogP contribution < -0.4 is 10.6 Å². The van der Waals surface area contributed by atoms with Crippen LogP contribution in [0, 0.1) is 5.41 Å². The van der Waals surface area contributed by atoms with Crippen LogP contribution >= 0.6 is 0 Å². The third-order valence-corrected chi connectivity index (χ3v) is 4.36. The number of aromatic carboxylic acids is 1. The summed E-state index contributed by atoms with van der Waals surface area (Å²) in [6.45, 7) is 6.12. The van der Waals surface area contributed by atoms with Crippen LogP contribution in [0.15, 0.2) is 12.3 Å². The van der Waals surface area contributed by atoms with E-state index in [1.807, 2.05) is 0 Å². The molecule has 1 fully saturated rings. The summed E-state index contributed by atoms with van der Waals surface area (Å²) in [4.78, 5) is 17.6. The lowest BCUT2D eigenvalue weighted by Crippen LogP contribution is -2.28. The maximum atomic E-state index is 11.3. The zero-order valence-electron chi connectivity index (χ0n) is 11.5. The largest absolute Gasteiger partial charge is 0.478 e. The molecular weight excluding hydrogens is 242 g/mol. The van der Waals surface area contributed by atoms with E-state index in [1.165, 1.54) is 12.3 Å². The molecule has 0 unspecified atom stereocenters. The van der Waals surface area contributed by atoms with Gasteiger partial charge < -0.3 is 15.7 Å². The quantitative estimate of drug-likeness (QED) is 0.871. The van der Waals surface area contributed by atoms with Crippen LogP contribution in [0.5, 0.6) is 0 Å². The zero-order chi connectivity index (χ0) is 14.0. The van der Waals surface area contributed by atoms with Crippen molar-refractivity contribution in [1.29, 1.82) is 0 Å². The summed E-state index contributed by atoms with van der Waals surface area (Å²) in [6, 6.07) is 1.49. The molecule has 5 nitrogen and oxygen atoms in total. The molecule has 3 N–H and O–H groups in total. The van der Waals surface area contributed by atoms with Crippen molar-refractivity contribution in [1.82, 2.24) is 4.98 Å². The number of anilines is 2. The zero-order valence-corrected chi connectivity index (χ0v) is 11.5. The Labute approximate surface area is 113 Å². The molecule has 1 aliphatic heterocycles. The van der Waals surface area contributed by atoms with Crippen LogP contribution in [0.3, 0.4) is 0 Å². The highest BCUT2D eigenvalue weighted by Crippen LogP contribution is 2.39. The highest BCUT2D eigenvalue weighted by molar-refractivity contribution is 5.94. The maximum Gasteiger partial charge on any atom is 0.339 e. The minimum absolute atomic E-state index is 0.197. The van der Waals surface area contributed by atoms with Crippen molar-refractivity contribution >= 4 is 17.5 Å². The lowest BCUT2D eigenvalue weighted by molar-refractivity contribution is 0.0697. The predicted octanol–water partition coefficient (Wildman–Crippen LogP) is 2.38. The number of rotatable bonds is 4. The first kappa shape index (κ1) is 13.6. The molecule has 5 heteroatoms. The van der Waals surface area contributed by atoms with Gasteiger partial charge in [0.15, 0.2) is 0 Å². The second-order valence-corrected chi connectivity index (χ2v) is 5.32. The molecule has 1 aromatic heterocycles. The first-order valence-corrected chi connectivity index (χ1v) is 6.75. The number of hydrogen-bond acceptors (Lipinski definition) is 4. The van der Waals surface area contributed by atoms with Gasteiger partial charge in [0.05, 0.1) is 11.9 Å². The molecule has 0 spiro atoms. The molecular formula is C14H21N3O2. The summed E-state index contributed by atoms with van der Waals surface area (Å²) in [7, 11) is 0. The van der Waals surface area contributed by atoms with E-state index < -0.39 is 5.97 Å². The van der Waals surface area contributed by atoms with Gasteiger partial charge in [0.25, 0.3) is 0 Å². The number of pyridine rings is 1. The van der Waals surface area contributed by atoms with Crippen molar-refractivity contribution in [3.63, 3.8) is 0 Å². The van der Waals surface area contributed by atoms with E-state index in [-0.39, 0.29) is 5.56 Å². The molecule has 1 aliphatic rings. The van der Waals surface area contributed by atoms with E-state index in [0.717, 1.165) is 32.4 Å². The van der Waals surface area contributed by atoms with Gasteiger partial charge >= 0.3 is 5.97 Å². The number of hydrogen-bond donors (Lipinski definition) is 2. The first-order chi connectivity index (χ1) is 9.01. The maximum absolute atomic E-state index is 11.3. The van der Waals surface area contributed by atoms with Crippen LogP contribution in [0.2, 0.25) is 0 Å². The average molecular weight is 263 g/mol. The van der Waals surface area contributed by atoms with E-state index in [9.17, 15) is 9.90 Å². The van der Waals surface area contributed by atoms with Gasteiger partial charge in [-0.1, -0.05) is 13.8 Å². The number of nitrogens with zero attached hydrogens (tertiary/aromatic N) is 2. The number of carboxylic acid groups (broad SMARTS) is 1. The number of nitrogens with two attached hydrogens (primary N) is 1. The first-order valence-electron chi connectivity index (χ1n) is 6.75. The molecule has 0 radical (unpaired) electrons. The lowest BCUT2D eigenvalue weighted by Gasteiger charge is -2.27. The van der Waals surface area contributed by atoms with Crippen molar-refractivity contribution < 1.29 is 9.90 Å². The van der Waals surface area contributed by atoms with E-state index in [1.54, 1.807) is 0 Å². The number of carbonyl (C=O) groups is 1. The number of carboxylic acids is 1. The SMILES string of the molecule is CCC1(CC)CCN(c2ncc(N)cc2C(=O)O)C1. The Kier molecular flexibility index (Phi) is 3.64. The van der Waals surface area contributed by atoms with Gasteiger partial charge in [-0.05, 0) is 30.7 Å². The molecule has 2 heterocycles. The molecule has 104 valence electrons. The fourth-order valence-corrected chi connectivity index (χ4v) is 2.83. The van der Waals surface area contributed by atoms with E-state index in [4.69, 9.17) is 5.73 Å². The summed E-state index contributed by atoms with van der Waals surface area (Å²) in [6.07, 6.45) is 4.83. The molecule has 0 aromatic carbocycles. The van der Waals surface area contributed by atoms with Gasteiger partial charge in [-0.15, -0.1) is 0 Å². The average Bonchev–Trinajstić information content (AvgIpc) is 2.83. The molecule has 0 aliphatic carbocycles. The van der Waals surface area contributed by atoms with Crippen LogP contribution in [-0.4, -0.2) is 29.1 Å². The molecule has 0 amide bonds. The standard InChI is InChI=1S/C14H21N3O2/c1-3-14(4-2)5-6-17(9-14)12-11(13(18)19)7-10(15)8-16-12/h7-8H,3-6,9,15H2,1-2H3,(H,18,19). The third kappa shape index (κ3) is 2.50. The van der Waals surface area contributed by atoms with Gasteiger partial charge in [-0.25, -0.2) is 9.78 Å². The fourth-order valence-electron chi connectivity index (χ4n) is 2.83. The fraction of sp³-hybridized carbons (Fsp3) is 0.571. The van der Waals surface area contributed by atoms with Crippen molar-refractivity contribution in [2.45, 2.75) is 33.1 Å². The van der Waals surface area contributed by atoms with Gasteiger partial charge in [-0.2, -0.15) is 0 Å². The monoisotopic (exact) mass is 263 g/mol. The molecule has 1 saturated heterocycles. The topological polar surface area (TPSA) is 79.5 Å². The van der Waals surface area contributed by atoms with Crippen LogP contribution in [0.25, 0.3) is 0 Å². The Morgan fingerprint density at radius 1 is 1.53 bits per heavy atom. The van der Waals surface area contributed by atoms with Crippen LogP contribution in [0.4, 0.5) is 11.5 Å². The molecule has 0 saturated carbocycles. The molecule has 0 bridgehead atoms. The summed E-state index contributed by atoms with van der Waals surface area (Å²) < 4.78 is 0. The smallest absolute Gasteiger partial charge is 0.339 e. The molecule has 2 rings (SSSR count). The summed E-state index contributed by atoms with van der Waals surface area (Å²) in [5, 5.41) is 9.27. The van der Waals surface area contributed by atoms with Gasteiger partial charge in [-0.3, -0.25) is 0 Å². The Morgan fingerprint density at radius 3 is 2.74 bits per heavy atom. The summed E-state index contributed by atoms with van der Waals surface area (Å²) in [5.74, 6) is -0.425. The Morgan fingerprint density at radius 2 is 2.21 bits per heavy atom. The van der Waals surface area contributed by atoms with Crippen molar-refractivity contribution in [3.8, 4) is 0 Å². The molecule has 19 heavy (non-hydrogen) atoms. The third-order valence-electron chi connectivity index (χ3n) is 4.36. The van der Waals surface area contributed by atoms with Crippen LogP contribution in [0.1, 0.15) is 43.5 Å². The number of aromatic nitrogens is 1. The Balaban J connectivity index is 2.31. The normalized spacial score (nSPS) is 17.7. The minimum Gasteiger partial charge on any atom is -0.478 e. The van der Waals surface area contributed by atoms with E-state index in [2.05, 4.69) is 23.7 Å². The second kappa shape index (κ2) is 5.07. The van der Waals surface area contributed by atoms with Gasteiger partial charge in [0.2, 0.25) is 0 Å². The Bertz CT molecular complexity index is 484. The second-order valence-electron chi connectivity index (χ2n) is 5.32. The molecule has 0 atom stereocenters. The lowest BCUT2D eigenvalue weighted by atomic mass is 9.82. The summed E-state index contributed by atoms with van der Waals surface area (Å²) >= 11 is 0. The Hall–Kier alpha value is -1.78. The number of nitrogen functional groups attached to an aromatic ring is 1.